The summed E-state index contributed by atoms with van der Waals surface area (Å²) in [6, 6.07) is 6.26. The average molecular weight is 233 g/mol. The number of anilines is 1. The molecule has 1 aliphatic rings. The fourth-order valence-corrected chi connectivity index (χ4v) is 1.94. The Bertz CT molecular complexity index is 436. The molecular weight excluding hydrogens is 214 g/mol. The van der Waals surface area contributed by atoms with Crippen molar-refractivity contribution in [1.82, 2.24) is 0 Å². The maximum Gasteiger partial charge on any atom is 0.313 e. The predicted molar refractivity (Wildman–Crippen MR) is 68.1 cm³/mol. The lowest BCUT2D eigenvalue weighted by Gasteiger charge is -2.15. The van der Waals surface area contributed by atoms with Gasteiger partial charge in [-0.2, -0.15) is 0 Å². The van der Waals surface area contributed by atoms with Crippen LogP contribution < -0.4 is 5.32 Å². The van der Waals surface area contributed by atoms with Crippen LogP contribution in [0.5, 0.6) is 0 Å². The lowest BCUT2D eigenvalue weighted by atomic mass is 10.1. The Morgan fingerprint density at radius 3 is 2.59 bits per heavy atom. The number of carbonyl (C=O) groups excluding carboxylic acids is 1. The highest BCUT2D eigenvalue weighted by Gasteiger charge is 2.50. The third-order valence-corrected chi connectivity index (χ3v) is 3.61. The number of rotatable bonds is 4. The van der Waals surface area contributed by atoms with E-state index in [1.165, 1.54) is 18.2 Å². The molecule has 92 valence electrons. The second-order valence-electron chi connectivity index (χ2n) is 4.92. The molecule has 1 N–H and O–H groups in total. The van der Waals surface area contributed by atoms with E-state index < -0.39 is 0 Å². The number of nitrogens with one attached hydrogen (secondary N) is 1. The molecule has 1 aliphatic carbocycles. The Kier molecular flexibility index (Phi) is 3.09. The van der Waals surface area contributed by atoms with Gasteiger partial charge in [0.25, 0.3) is 0 Å². The number of benzene rings is 1. The fraction of sp³-hybridized carbons (Fsp3) is 0.500. The maximum atomic E-state index is 11.6. The van der Waals surface area contributed by atoms with E-state index in [4.69, 9.17) is 4.74 Å². The van der Waals surface area contributed by atoms with Gasteiger partial charge in [-0.25, -0.2) is 0 Å². The van der Waals surface area contributed by atoms with Crippen LogP contribution in [0, 0.1) is 19.3 Å². The smallest absolute Gasteiger partial charge is 0.313 e. The van der Waals surface area contributed by atoms with Crippen molar-refractivity contribution in [2.45, 2.75) is 26.7 Å². The van der Waals surface area contributed by atoms with Crippen molar-refractivity contribution < 1.29 is 9.53 Å². The van der Waals surface area contributed by atoms with E-state index in [1.54, 1.807) is 0 Å². The van der Waals surface area contributed by atoms with Crippen LogP contribution in [0.1, 0.15) is 24.0 Å². The SMILES string of the molecule is COC(=O)C1(CNc2ccc(C)c(C)c2)CC1. The Morgan fingerprint density at radius 1 is 1.35 bits per heavy atom. The van der Waals surface area contributed by atoms with Crippen molar-refractivity contribution in [2.75, 3.05) is 19.0 Å². The van der Waals surface area contributed by atoms with Crippen molar-refractivity contribution in [3.8, 4) is 0 Å². The molecule has 0 saturated heterocycles. The molecule has 3 heteroatoms. The van der Waals surface area contributed by atoms with Gasteiger partial charge in [-0.1, -0.05) is 6.07 Å². The zero-order valence-electron chi connectivity index (χ0n) is 10.7. The van der Waals surface area contributed by atoms with E-state index in [1.807, 2.05) is 0 Å². The molecule has 1 fully saturated rings. The van der Waals surface area contributed by atoms with Crippen LogP contribution in [0.15, 0.2) is 18.2 Å². The third kappa shape index (κ3) is 2.43. The zero-order chi connectivity index (χ0) is 12.5. The number of aryl methyl sites for hydroxylation is 2. The number of methoxy groups -OCH3 is 1. The van der Waals surface area contributed by atoms with E-state index in [0.29, 0.717) is 6.54 Å². The summed E-state index contributed by atoms with van der Waals surface area (Å²) < 4.78 is 4.83. The monoisotopic (exact) mass is 233 g/mol. The molecule has 17 heavy (non-hydrogen) atoms. The molecular formula is C14H19NO2. The summed E-state index contributed by atoms with van der Waals surface area (Å²) >= 11 is 0. The van der Waals surface area contributed by atoms with Crippen LogP contribution in [-0.4, -0.2) is 19.6 Å². The van der Waals surface area contributed by atoms with Gasteiger partial charge in [-0.3, -0.25) is 4.79 Å². The molecule has 0 spiro atoms. The van der Waals surface area contributed by atoms with Crippen molar-refractivity contribution in [2.24, 2.45) is 5.41 Å². The van der Waals surface area contributed by atoms with Gasteiger partial charge in [0.15, 0.2) is 0 Å². The average Bonchev–Trinajstić information content (AvgIpc) is 3.11. The molecule has 0 aliphatic heterocycles. The topological polar surface area (TPSA) is 38.3 Å². The van der Waals surface area contributed by atoms with Gasteiger partial charge in [-0.15, -0.1) is 0 Å². The molecule has 1 aromatic rings. The minimum Gasteiger partial charge on any atom is -0.469 e. The first-order chi connectivity index (χ1) is 8.07. The lowest BCUT2D eigenvalue weighted by molar-refractivity contribution is -0.146. The standard InChI is InChI=1S/C14H19NO2/c1-10-4-5-12(8-11(10)2)15-9-14(6-7-14)13(16)17-3/h4-5,8,15H,6-7,9H2,1-3H3. The fourth-order valence-electron chi connectivity index (χ4n) is 1.94. The summed E-state index contributed by atoms with van der Waals surface area (Å²) in [6.07, 6.45) is 1.86. The van der Waals surface area contributed by atoms with Crippen molar-refractivity contribution in [3.05, 3.63) is 29.3 Å². The molecule has 0 atom stereocenters. The summed E-state index contributed by atoms with van der Waals surface area (Å²) in [7, 11) is 1.46. The number of esters is 1. The van der Waals surface area contributed by atoms with Gasteiger partial charge in [0, 0.05) is 12.2 Å². The van der Waals surface area contributed by atoms with E-state index in [2.05, 4.69) is 37.4 Å². The maximum absolute atomic E-state index is 11.6. The zero-order valence-corrected chi connectivity index (χ0v) is 10.7. The van der Waals surface area contributed by atoms with E-state index in [9.17, 15) is 4.79 Å². The van der Waals surface area contributed by atoms with Crippen molar-refractivity contribution in [3.63, 3.8) is 0 Å². The summed E-state index contributed by atoms with van der Waals surface area (Å²) in [6.45, 7) is 4.85. The number of hydrogen-bond donors (Lipinski definition) is 1. The molecule has 0 radical (unpaired) electrons. The first-order valence-electron chi connectivity index (χ1n) is 5.97. The van der Waals surface area contributed by atoms with Gasteiger partial charge in [0.2, 0.25) is 0 Å². The van der Waals surface area contributed by atoms with Gasteiger partial charge in [-0.05, 0) is 49.9 Å². The normalized spacial score (nSPS) is 16.4. The van der Waals surface area contributed by atoms with Crippen LogP contribution in [0.25, 0.3) is 0 Å². The Hall–Kier alpha value is -1.51. The van der Waals surface area contributed by atoms with Crippen LogP contribution in [0.2, 0.25) is 0 Å². The highest BCUT2D eigenvalue weighted by molar-refractivity contribution is 5.80. The minimum atomic E-state index is -0.270. The third-order valence-electron chi connectivity index (χ3n) is 3.61. The number of hydrogen-bond acceptors (Lipinski definition) is 3. The van der Waals surface area contributed by atoms with Crippen LogP contribution in [0.4, 0.5) is 5.69 Å². The van der Waals surface area contributed by atoms with Crippen LogP contribution in [0.3, 0.4) is 0 Å². The van der Waals surface area contributed by atoms with E-state index >= 15 is 0 Å². The number of carbonyl (C=O) groups is 1. The van der Waals surface area contributed by atoms with Crippen molar-refractivity contribution >= 4 is 11.7 Å². The van der Waals surface area contributed by atoms with E-state index in [0.717, 1.165) is 18.5 Å². The summed E-state index contributed by atoms with van der Waals surface area (Å²) in [5.41, 5.74) is 3.35. The van der Waals surface area contributed by atoms with Gasteiger partial charge in [0.1, 0.15) is 0 Å². The molecule has 3 nitrogen and oxygen atoms in total. The van der Waals surface area contributed by atoms with E-state index in [-0.39, 0.29) is 11.4 Å². The molecule has 1 aromatic carbocycles. The van der Waals surface area contributed by atoms with Crippen LogP contribution >= 0.6 is 0 Å². The lowest BCUT2D eigenvalue weighted by Crippen LogP contribution is -2.25. The predicted octanol–water partition coefficient (Wildman–Crippen LogP) is 2.67. The highest BCUT2D eigenvalue weighted by Crippen LogP contribution is 2.46. The largest absolute Gasteiger partial charge is 0.469 e. The van der Waals surface area contributed by atoms with Gasteiger partial charge >= 0.3 is 5.97 Å². The van der Waals surface area contributed by atoms with Gasteiger partial charge < -0.3 is 10.1 Å². The summed E-state index contributed by atoms with van der Waals surface area (Å²) in [5.74, 6) is -0.0890. The molecule has 0 aromatic heterocycles. The molecule has 2 rings (SSSR count). The minimum absolute atomic E-state index is 0.0890. The second kappa shape index (κ2) is 4.40. The molecule has 0 amide bonds. The van der Waals surface area contributed by atoms with Gasteiger partial charge in [0.05, 0.1) is 12.5 Å². The summed E-state index contributed by atoms with van der Waals surface area (Å²) in [4.78, 5) is 11.6. The highest BCUT2D eigenvalue weighted by atomic mass is 16.5. The molecule has 1 saturated carbocycles. The van der Waals surface area contributed by atoms with Crippen molar-refractivity contribution in [1.29, 1.82) is 0 Å². The summed E-state index contributed by atoms with van der Waals surface area (Å²) in [5, 5.41) is 3.33. The first-order valence-corrected chi connectivity index (χ1v) is 5.97. The Labute approximate surface area is 102 Å². The Balaban J connectivity index is 1.98. The molecule has 0 heterocycles. The molecule has 0 unspecified atom stereocenters. The second-order valence-corrected chi connectivity index (χ2v) is 4.92. The molecule has 0 bridgehead atoms. The van der Waals surface area contributed by atoms with Crippen LogP contribution in [-0.2, 0) is 9.53 Å². The Morgan fingerprint density at radius 2 is 2.06 bits per heavy atom. The quantitative estimate of drug-likeness (QED) is 0.812. The number of ether oxygens (including phenoxy) is 1. The first kappa shape index (κ1) is 12.0.